The molecule has 0 saturated heterocycles. The fraction of sp³-hybridized carbons (Fsp3) is 0.414. The van der Waals surface area contributed by atoms with Crippen LogP contribution in [0.3, 0.4) is 0 Å². The van der Waals surface area contributed by atoms with Gasteiger partial charge in [0.1, 0.15) is 25.1 Å². The average molecular weight is 495 g/mol. The van der Waals surface area contributed by atoms with Gasteiger partial charge in [0.15, 0.2) is 0 Å². The standard InChI is InChI=1S/C29H34O7/c1-5-27(30)33-16-17-34-29(32)35-24-13-11-22(12-14-24)21-7-9-23(10-8-21)28(31)36-26-18-20(4)6-15-25(26)19(2)3/h5,7-14,19-20,25-26H,1,6,15-18H2,2-4H3. The molecule has 7 nitrogen and oxygen atoms in total. The first-order chi connectivity index (χ1) is 17.3. The number of hydrogen-bond acceptors (Lipinski definition) is 7. The molecular formula is C29H34O7. The summed E-state index contributed by atoms with van der Waals surface area (Å²) in [7, 11) is 0. The molecule has 0 aliphatic heterocycles. The Morgan fingerprint density at radius 2 is 1.56 bits per heavy atom. The maximum absolute atomic E-state index is 12.8. The van der Waals surface area contributed by atoms with E-state index in [1.165, 1.54) is 6.42 Å². The van der Waals surface area contributed by atoms with Crippen LogP contribution in [0, 0.1) is 17.8 Å². The molecular weight excluding hydrogens is 460 g/mol. The Hall–Kier alpha value is -3.61. The van der Waals surface area contributed by atoms with Gasteiger partial charge in [-0.3, -0.25) is 0 Å². The molecule has 36 heavy (non-hydrogen) atoms. The van der Waals surface area contributed by atoms with Crippen LogP contribution in [0.25, 0.3) is 11.1 Å². The Labute approximate surface area is 212 Å². The Kier molecular flexibility index (Phi) is 9.68. The van der Waals surface area contributed by atoms with E-state index in [1.807, 2.05) is 12.1 Å². The molecule has 2 aromatic rings. The van der Waals surface area contributed by atoms with Crippen molar-refractivity contribution >= 4 is 18.1 Å². The minimum atomic E-state index is -0.896. The summed E-state index contributed by atoms with van der Waals surface area (Å²) in [6.07, 6.45) is 3.29. The molecule has 0 bridgehead atoms. The van der Waals surface area contributed by atoms with Crippen LogP contribution in [0.4, 0.5) is 4.79 Å². The fourth-order valence-electron chi connectivity index (χ4n) is 4.42. The summed E-state index contributed by atoms with van der Waals surface area (Å²) in [5.74, 6) is 0.883. The normalized spacial score (nSPS) is 19.3. The van der Waals surface area contributed by atoms with Gasteiger partial charge < -0.3 is 18.9 Å². The molecule has 1 aliphatic carbocycles. The molecule has 192 valence electrons. The summed E-state index contributed by atoms with van der Waals surface area (Å²) in [4.78, 5) is 35.5. The lowest BCUT2D eigenvalue weighted by Crippen LogP contribution is -2.35. The Balaban J connectivity index is 1.53. The van der Waals surface area contributed by atoms with Gasteiger partial charge in [-0.15, -0.1) is 0 Å². The van der Waals surface area contributed by atoms with Gasteiger partial charge in [-0.05, 0) is 66.0 Å². The van der Waals surface area contributed by atoms with Crippen LogP contribution in [0.15, 0.2) is 61.2 Å². The van der Waals surface area contributed by atoms with Crippen molar-refractivity contribution in [3.05, 3.63) is 66.7 Å². The third-order valence-electron chi connectivity index (χ3n) is 6.44. The highest BCUT2D eigenvalue weighted by molar-refractivity contribution is 5.90. The monoisotopic (exact) mass is 494 g/mol. The number of carbonyl (C=O) groups is 3. The van der Waals surface area contributed by atoms with Gasteiger partial charge in [-0.2, -0.15) is 0 Å². The number of benzene rings is 2. The van der Waals surface area contributed by atoms with E-state index in [2.05, 4.69) is 27.4 Å². The van der Waals surface area contributed by atoms with Crippen molar-refractivity contribution in [3.63, 3.8) is 0 Å². The first-order valence-electron chi connectivity index (χ1n) is 12.3. The number of carbonyl (C=O) groups excluding carboxylic acids is 3. The largest absolute Gasteiger partial charge is 0.513 e. The topological polar surface area (TPSA) is 88.1 Å². The second-order valence-electron chi connectivity index (χ2n) is 9.44. The highest BCUT2D eigenvalue weighted by atomic mass is 16.7. The summed E-state index contributed by atoms with van der Waals surface area (Å²) < 4.78 is 20.6. The maximum Gasteiger partial charge on any atom is 0.513 e. The molecule has 0 amide bonds. The Morgan fingerprint density at radius 1 is 0.944 bits per heavy atom. The van der Waals surface area contributed by atoms with Crippen molar-refractivity contribution < 1.29 is 33.3 Å². The Bertz CT molecular complexity index is 1040. The summed E-state index contributed by atoms with van der Waals surface area (Å²) in [5, 5.41) is 0. The van der Waals surface area contributed by atoms with E-state index >= 15 is 0 Å². The SMILES string of the molecule is C=CC(=O)OCCOC(=O)Oc1ccc(-c2ccc(C(=O)OC3CC(C)CCC3C(C)C)cc2)cc1. The van der Waals surface area contributed by atoms with Crippen LogP contribution in [0.5, 0.6) is 5.75 Å². The predicted octanol–water partition coefficient (Wildman–Crippen LogP) is 6.22. The summed E-state index contributed by atoms with van der Waals surface area (Å²) >= 11 is 0. The number of rotatable bonds is 9. The zero-order valence-corrected chi connectivity index (χ0v) is 21.1. The van der Waals surface area contributed by atoms with Gasteiger partial charge in [0.2, 0.25) is 0 Å². The third-order valence-corrected chi connectivity index (χ3v) is 6.44. The molecule has 2 aromatic carbocycles. The maximum atomic E-state index is 12.8. The zero-order valence-electron chi connectivity index (χ0n) is 21.1. The molecule has 3 rings (SSSR count). The molecule has 7 heteroatoms. The van der Waals surface area contributed by atoms with Gasteiger partial charge in [0, 0.05) is 6.08 Å². The van der Waals surface area contributed by atoms with Gasteiger partial charge in [-0.25, -0.2) is 14.4 Å². The van der Waals surface area contributed by atoms with Crippen molar-refractivity contribution in [2.75, 3.05) is 13.2 Å². The van der Waals surface area contributed by atoms with E-state index in [4.69, 9.17) is 18.9 Å². The van der Waals surface area contributed by atoms with Crippen LogP contribution < -0.4 is 4.74 Å². The van der Waals surface area contributed by atoms with Crippen molar-refractivity contribution in [1.82, 2.24) is 0 Å². The molecule has 0 N–H and O–H groups in total. The summed E-state index contributed by atoms with van der Waals surface area (Å²) in [6.45, 7) is 9.68. The molecule has 1 saturated carbocycles. The minimum absolute atomic E-state index is 0.0395. The first-order valence-corrected chi connectivity index (χ1v) is 12.3. The third kappa shape index (κ3) is 7.70. The van der Waals surface area contributed by atoms with Gasteiger partial charge in [0.05, 0.1) is 5.56 Å². The first kappa shape index (κ1) is 27.0. The summed E-state index contributed by atoms with van der Waals surface area (Å²) in [6, 6.07) is 14.2. The van der Waals surface area contributed by atoms with Gasteiger partial charge in [0.25, 0.3) is 0 Å². The zero-order chi connectivity index (χ0) is 26.1. The molecule has 0 aromatic heterocycles. The van der Waals surface area contributed by atoms with Gasteiger partial charge >= 0.3 is 18.1 Å². The van der Waals surface area contributed by atoms with Gasteiger partial charge in [-0.1, -0.05) is 58.0 Å². The van der Waals surface area contributed by atoms with Crippen LogP contribution in [0.1, 0.15) is 50.4 Å². The molecule has 0 spiro atoms. The van der Waals surface area contributed by atoms with Crippen LogP contribution in [-0.4, -0.2) is 37.4 Å². The molecule has 1 fully saturated rings. The number of ether oxygens (including phenoxy) is 4. The van der Waals surface area contributed by atoms with E-state index in [9.17, 15) is 14.4 Å². The van der Waals surface area contributed by atoms with Crippen LogP contribution in [-0.2, 0) is 19.0 Å². The lowest BCUT2D eigenvalue weighted by molar-refractivity contribution is -0.138. The average Bonchev–Trinajstić information content (AvgIpc) is 2.87. The van der Waals surface area contributed by atoms with E-state index in [0.29, 0.717) is 29.1 Å². The lowest BCUT2D eigenvalue weighted by Gasteiger charge is -2.36. The van der Waals surface area contributed by atoms with Crippen molar-refractivity contribution in [1.29, 1.82) is 0 Å². The van der Waals surface area contributed by atoms with Crippen molar-refractivity contribution in [2.24, 2.45) is 17.8 Å². The minimum Gasteiger partial charge on any atom is -0.459 e. The highest BCUT2D eigenvalue weighted by Crippen LogP contribution is 2.35. The van der Waals surface area contributed by atoms with Crippen LogP contribution in [0.2, 0.25) is 0 Å². The quantitative estimate of drug-likeness (QED) is 0.134. The van der Waals surface area contributed by atoms with Crippen molar-refractivity contribution in [3.8, 4) is 16.9 Å². The molecule has 0 heterocycles. The highest BCUT2D eigenvalue weighted by Gasteiger charge is 2.33. The predicted molar refractivity (Wildman–Crippen MR) is 136 cm³/mol. The van der Waals surface area contributed by atoms with E-state index in [1.54, 1.807) is 36.4 Å². The second-order valence-corrected chi connectivity index (χ2v) is 9.44. The summed E-state index contributed by atoms with van der Waals surface area (Å²) in [5.41, 5.74) is 2.34. The number of hydrogen-bond donors (Lipinski definition) is 0. The lowest BCUT2D eigenvalue weighted by atomic mass is 9.75. The molecule has 0 radical (unpaired) electrons. The van der Waals surface area contributed by atoms with E-state index in [-0.39, 0.29) is 25.3 Å². The number of esters is 2. The van der Waals surface area contributed by atoms with Crippen molar-refractivity contribution in [2.45, 2.75) is 46.1 Å². The molecule has 1 aliphatic rings. The van der Waals surface area contributed by atoms with E-state index < -0.39 is 12.1 Å². The molecule has 3 unspecified atom stereocenters. The Morgan fingerprint density at radius 3 is 2.17 bits per heavy atom. The molecule has 3 atom stereocenters. The van der Waals surface area contributed by atoms with E-state index in [0.717, 1.165) is 30.0 Å². The second kappa shape index (κ2) is 12.9. The smallest absolute Gasteiger partial charge is 0.459 e. The fourth-order valence-corrected chi connectivity index (χ4v) is 4.42. The van der Waals surface area contributed by atoms with Crippen LogP contribution >= 0.6 is 0 Å².